The minimum absolute atomic E-state index is 0.155. The Kier molecular flexibility index (Phi) is 1.79. The fourth-order valence-corrected chi connectivity index (χ4v) is 0.619. The number of nitrogens with one attached hydrogen (secondary N) is 1. The number of esters is 1. The molecule has 50 valence electrons. The number of rotatable bonds is 2. The van der Waals surface area contributed by atoms with Gasteiger partial charge in [0, 0.05) is 0 Å². The van der Waals surface area contributed by atoms with Gasteiger partial charge >= 0.3 is 12.4 Å². The Balaban J connectivity index is 2.23. The van der Waals surface area contributed by atoms with Crippen LogP contribution in [0.4, 0.5) is 0 Å². The average Bonchev–Trinajstić information content (AvgIpc) is 1.60. The van der Waals surface area contributed by atoms with Crippen LogP contribution in [-0.4, -0.2) is 25.0 Å². The zero-order valence-corrected chi connectivity index (χ0v) is 4.79. The van der Waals surface area contributed by atoms with Crippen LogP contribution in [-0.2, 0) is 14.3 Å². The van der Waals surface area contributed by atoms with Crippen LogP contribution in [0.3, 0.4) is 0 Å². The maximum Gasteiger partial charge on any atom is 0.330 e. The molecule has 0 bridgehead atoms. The second-order valence-corrected chi connectivity index (χ2v) is 1.83. The molecule has 9 heavy (non-hydrogen) atoms. The van der Waals surface area contributed by atoms with E-state index >= 15 is 0 Å². The minimum Gasteiger partial charge on any atom is -0.394 e. The maximum atomic E-state index is 10.5. The van der Waals surface area contributed by atoms with Crippen LogP contribution in [0.5, 0.6) is 0 Å². The third-order valence-corrected chi connectivity index (χ3v) is 1.27. The second-order valence-electron chi connectivity index (χ2n) is 1.83. The van der Waals surface area contributed by atoms with Gasteiger partial charge in [-0.2, -0.15) is 0 Å². The SMILES string of the molecule is O=COC(=O)C1CCN1. The standard InChI is InChI=1S/C5H7NO3/c7-3-9-5(8)4-1-2-6-4/h3-4,6H,1-2H2. The molecular formula is C5H7NO3. The summed E-state index contributed by atoms with van der Waals surface area (Å²) in [4.78, 5) is 20.1. The molecule has 0 amide bonds. The number of hydrogen-bond donors (Lipinski definition) is 1. The van der Waals surface area contributed by atoms with Crippen molar-refractivity contribution in [2.45, 2.75) is 12.5 Å². The molecule has 0 radical (unpaired) electrons. The van der Waals surface area contributed by atoms with Crippen molar-refractivity contribution in [2.24, 2.45) is 0 Å². The van der Waals surface area contributed by atoms with E-state index in [1.807, 2.05) is 0 Å². The summed E-state index contributed by atoms with van der Waals surface area (Å²) in [6.07, 6.45) is 0.771. The van der Waals surface area contributed by atoms with E-state index in [0.29, 0.717) is 0 Å². The van der Waals surface area contributed by atoms with Gasteiger partial charge in [0.05, 0.1) is 0 Å². The van der Waals surface area contributed by atoms with Gasteiger partial charge in [-0.1, -0.05) is 0 Å². The number of ether oxygens (including phenoxy) is 1. The lowest BCUT2D eigenvalue weighted by molar-refractivity contribution is -0.154. The predicted molar refractivity (Wildman–Crippen MR) is 28.6 cm³/mol. The molecule has 4 nitrogen and oxygen atoms in total. The lowest BCUT2D eigenvalue weighted by Gasteiger charge is -2.23. The minimum atomic E-state index is -0.476. The zero-order chi connectivity index (χ0) is 6.69. The summed E-state index contributed by atoms with van der Waals surface area (Å²) in [5, 5.41) is 2.80. The summed E-state index contributed by atoms with van der Waals surface area (Å²) >= 11 is 0. The van der Waals surface area contributed by atoms with Gasteiger partial charge in [0.25, 0.3) is 0 Å². The van der Waals surface area contributed by atoms with Gasteiger partial charge in [-0.15, -0.1) is 0 Å². The van der Waals surface area contributed by atoms with E-state index in [1.165, 1.54) is 0 Å². The first kappa shape index (κ1) is 6.22. The van der Waals surface area contributed by atoms with Crippen LogP contribution in [0.25, 0.3) is 0 Å². The monoisotopic (exact) mass is 129 g/mol. The smallest absolute Gasteiger partial charge is 0.330 e. The first-order valence-electron chi connectivity index (χ1n) is 2.72. The Hall–Kier alpha value is -0.900. The van der Waals surface area contributed by atoms with E-state index in [-0.39, 0.29) is 12.5 Å². The van der Waals surface area contributed by atoms with Gasteiger partial charge in [0.2, 0.25) is 0 Å². The van der Waals surface area contributed by atoms with Crippen molar-refractivity contribution in [3.63, 3.8) is 0 Å². The first-order valence-corrected chi connectivity index (χ1v) is 2.72. The molecule has 0 aliphatic carbocycles. The number of carbonyl (C=O) groups is 2. The molecule has 1 aliphatic rings. The van der Waals surface area contributed by atoms with Gasteiger partial charge in [0.15, 0.2) is 0 Å². The predicted octanol–water partition coefficient (Wildman–Crippen LogP) is -0.952. The van der Waals surface area contributed by atoms with Crippen molar-refractivity contribution in [2.75, 3.05) is 6.54 Å². The van der Waals surface area contributed by atoms with Crippen LogP contribution in [0.2, 0.25) is 0 Å². The van der Waals surface area contributed by atoms with Crippen molar-refractivity contribution in [1.29, 1.82) is 0 Å². The topological polar surface area (TPSA) is 55.4 Å². The molecule has 0 aromatic carbocycles. The molecule has 1 fully saturated rings. The van der Waals surface area contributed by atoms with Crippen LogP contribution in [0.1, 0.15) is 6.42 Å². The molecular weight excluding hydrogens is 122 g/mol. The molecule has 4 heteroatoms. The summed E-state index contributed by atoms with van der Waals surface area (Å²) in [5.41, 5.74) is 0. The lowest BCUT2D eigenvalue weighted by atomic mass is 10.1. The highest BCUT2D eigenvalue weighted by molar-refractivity contribution is 5.82. The first-order chi connectivity index (χ1) is 4.34. The van der Waals surface area contributed by atoms with Crippen LogP contribution >= 0.6 is 0 Å². The highest BCUT2D eigenvalue weighted by Gasteiger charge is 2.25. The summed E-state index contributed by atoms with van der Waals surface area (Å²) < 4.78 is 4.06. The summed E-state index contributed by atoms with van der Waals surface area (Å²) in [6, 6.07) is -0.241. The van der Waals surface area contributed by atoms with E-state index in [9.17, 15) is 9.59 Å². The molecule has 0 aromatic rings. The molecule has 1 atom stereocenters. The van der Waals surface area contributed by atoms with Crippen LogP contribution in [0, 0.1) is 0 Å². The molecule has 1 heterocycles. The molecule has 1 unspecified atom stereocenters. The molecule has 1 rings (SSSR count). The van der Waals surface area contributed by atoms with Crippen molar-refractivity contribution >= 4 is 12.4 Å². The fourth-order valence-electron chi connectivity index (χ4n) is 0.619. The number of hydrogen-bond acceptors (Lipinski definition) is 4. The third-order valence-electron chi connectivity index (χ3n) is 1.27. The van der Waals surface area contributed by atoms with E-state index in [0.717, 1.165) is 13.0 Å². The highest BCUT2D eigenvalue weighted by atomic mass is 16.6. The largest absolute Gasteiger partial charge is 0.394 e. The van der Waals surface area contributed by atoms with E-state index < -0.39 is 5.97 Å². The molecule has 0 aromatic heterocycles. The Morgan fingerprint density at radius 1 is 1.78 bits per heavy atom. The average molecular weight is 129 g/mol. The Labute approximate surface area is 52.2 Å². The summed E-state index contributed by atoms with van der Waals surface area (Å²) in [7, 11) is 0. The Morgan fingerprint density at radius 3 is 2.78 bits per heavy atom. The maximum absolute atomic E-state index is 10.5. The van der Waals surface area contributed by atoms with Crippen molar-refractivity contribution in [1.82, 2.24) is 5.32 Å². The van der Waals surface area contributed by atoms with E-state index in [4.69, 9.17) is 0 Å². The summed E-state index contributed by atoms with van der Waals surface area (Å²) in [6.45, 7) is 0.987. The van der Waals surface area contributed by atoms with Crippen molar-refractivity contribution < 1.29 is 14.3 Å². The molecule has 1 saturated heterocycles. The Bertz CT molecular complexity index is 130. The van der Waals surface area contributed by atoms with E-state index in [2.05, 4.69) is 10.1 Å². The van der Waals surface area contributed by atoms with Crippen LogP contribution < -0.4 is 5.32 Å². The summed E-state index contributed by atoms with van der Waals surface area (Å²) in [5.74, 6) is -0.476. The molecule has 1 N–H and O–H groups in total. The lowest BCUT2D eigenvalue weighted by Crippen LogP contribution is -2.49. The van der Waals surface area contributed by atoms with Gasteiger partial charge in [-0.25, -0.2) is 4.79 Å². The van der Waals surface area contributed by atoms with Crippen LogP contribution in [0.15, 0.2) is 0 Å². The normalized spacial score (nSPS) is 24.2. The van der Waals surface area contributed by atoms with Crippen molar-refractivity contribution in [3.8, 4) is 0 Å². The molecule has 0 saturated carbocycles. The third kappa shape index (κ3) is 1.26. The van der Waals surface area contributed by atoms with E-state index in [1.54, 1.807) is 0 Å². The second kappa shape index (κ2) is 2.59. The van der Waals surface area contributed by atoms with Gasteiger partial charge in [-0.3, -0.25) is 4.79 Å². The Morgan fingerprint density at radius 2 is 2.44 bits per heavy atom. The quantitative estimate of drug-likeness (QED) is 0.296. The van der Waals surface area contributed by atoms with Gasteiger partial charge in [0.1, 0.15) is 6.04 Å². The number of carbonyl (C=O) groups excluding carboxylic acids is 2. The molecule has 0 spiro atoms. The zero-order valence-electron chi connectivity index (χ0n) is 4.79. The fraction of sp³-hybridized carbons (Fsp3) is 0.600. The molecule has 1 aliphatic heterocycles. The van der Waals surface area contributed by atoms with Crippen molar-refractivity contribution in [3.05, 3.63) is 0 Å². The van der Waals surface area contributed by atoms with Gasteiger partial charge in [-0.05, 0) is 13.0 Å². The van der Waals surface area contributed by atoms with Gasteiger partial charge < -0.3 is 10.1 Å². The highest BCUT2D eigenvalue weighted by Crippen LogP contribution is 2.02.